The SMILES string of the molecule is CC[C@H](Oc1cccc(OC)c1)C(=O)Nc1ccc(F)cc1F. The van der Waals surface area contributed by atoms with Crippen molar-refractivity contribution in [1.29, 1.82) is 0 Å². The van der Waals surface area contributed by atoms with Gasteiger partial charge in [0.05, 0.1) is 12.8 Å². The number of amides is 1. The maximum absolute atomic E-state index is 13.6. The van der Waals surface area contributed by atoms with Crippen LogP contribution in [0.25, 0.3) is 0 Å². The normalized spacial score (nSPS) is 11.7. The lowest BCUT2D eigenvalue weighted by atomic mass is 10.2. The number of hydrogen-bond acceptors (Lipinski definition) is 3. The Balaban J connectivity index is 2.08. The van der Waals surface area contributed by atoms with E-state index in [0.29, 0.717) is 24.0 Å². The lowest BCUT2D eigenvalue weighted by Crippen LogP contribution is -2.32. The summed E-state index contributed by atoms with van der Waals surface area (Å²) in [6, 6.07) is 9.77. The topological polar surface area (TPSA) is 47.6 Å². The number of benzene rings is 2. The van der Waals surface area contributed by atoms with E-state index < -0.39 is 23.6 Å². The molecule has 23 heavy (non-hydrogen) atoms. The highest BCUT2D eigenvalue weighted by molar-refractivity contribution is 5.94. The fraction of sp³-hybridized carbons (Fsp3) is 0.235. The van der Waals surface area contributed by atoms with Crippen molar-refractivity contribution in [3.05, 3.63) is 54.1 Å². The first kappa shape index (κ1) is 16.7. The number of carbonyl (C=O) groups is 1. The van der Waals surface area contributed by atoms with Gasteiger partial charge < -0.3 is 14.8 Å². The molecule has 0 spiro atoms. The largest absolute Gasteiger partial charge is 0.497 e. The van der Waals surface area contributed by atoms with E-state index in [-0.39, 0.29) is 5.69 Å². The monoisotopic (exact) mass is 321 g/mol. The van der Waals surface area contributed by atoms with E-state index in [9.17, 15) is 13.6 Å². The fourth-order valence-electron chi connectivity index (χ4n) is 1.97. The van der Waals surface area contributed by atoms with Crippen LogP contribution in [0.3, 0.4) is 0 Å². The van der Waals surface area contributed by atoms with Gasteiger partial charge in [0.1, 0.15) is 23.1 Å². The Hall–Kier alpha value is -2.63. The van der Waals surface area contributed by atoms with Crippen molar-refractivity contribution in [2.45, 2.75) is 19.4 Å². The zero-order valence-corrected chi connectivity index (χ0v) is 12.8. The van der Waals surface area contributed by atoms with Gasteiger partial charge in [0.2, 0.25) is 0 Å². The van der Waals surface area contributed by atoms with Crippen molar-refractivity contribution >= 4 is 11.6 Å². The second kappa shape index (κ2) is 7.58. The third-order valence-corrected chi connectivity index (χ3v) is 3.17. The smallest absolute Gasteiger partial charge is 0.265 e. The molecule has 1 N–H and O–H groups in total. The quantitative estimate of drug-likeness (QED) is 0.881. The Morgan fingerprint density at radius 3 is 2.57 bits per heavy atom. The molecule has 0 radical (unpaired) electrons. The van der Waals surface area contributed by atoms with Gasteiger partial charge in [0.15, 0.2) is 6.10 Å². The number of hydrogen-bond donors (Lipinski definition) is 1. The van der Waals surface area contributed by atoms with Crippen LogP contribution in [-0.2, 0) is 4.79 Å². The van der Waals surface area contributed by atoms with E-state index in [1.807, 2.05) is 0 Å². The van der Waals surface area contributed by atoms with Gasteiger partial charge in [-0.1, -0.05) is 13.0 Å². The molecule has 0 aromatic heterocycles. The Kier molecular flexibility index (Phi) is 5.51. The Labute approximate surface area is 133 Å². The minimum atomic E-state index is -0.838. The molecule has 0 fully saturated rings. The average Bonchev–Trinajstić information content (AvgIpc) is 2.55. The zero-order chi connectivity index (χ0) is 16.8. The summed E-state index contributed by atoms with van der Waals surface area (Å²) in [5, 5.41) is 2.40. The zero-order valence-electron chi connectivity index (χ0n) is 12.8. The van der Waals surface area contributed by atoms with Crippen LogP contribution in [0.5, 0.6) is 11.5 Å². The molecular weight excluding hydrogens is 304 g/mol. The predicted molar refractivity (Wildman–Crippen MR) is 82.7 cm³/mol. The molecule has 1 atom stereocenters. The van der Waals surface area contributed by atoms with Crippen molar-refractivity contribution in [3.63, 3.8) is 0 Å². The molecule has 0 saturated carbocycles. The highest BCUT2D eigenvalue weighted by atomic mass is 19.1. The molecule has 2 aromatic rings. The van der Waals surface area contributed by atoms with Crippen molar-refractivity contribution < 1.29 is 23.0 Å². The minimum absolute atomic E-state index is 0.0934. The third kappa shape index (κ3) is 4.42. The van der Waals surface area contributed by atoms with Gasteiger partial charge in [-0.05, 0) is 30.7 Å². The second-order valence-corrected chi connectivity index (χ2v) is 4.81. The van der Waals surface area contributed by atoms with E-state index >= 15 is 0 Å². The molecule has 2 rings (SSSR count). The Morgan fingerprint density at radius 2 is 1.91 bits per heavy atom. The van der Waals surface area contributed by atoms with Crippen LogP contribution in [0.15, 0.2) is 42.5 Å². The minimum Gasteiger partial charge on any atom is -0.497 e. The molecule has 0 aliphatic rings. The summed E-state index contributed by atoms with van der Waals surface area (Å²) < 4.78 is 37.2. The molecular formula is C17H17F2NO3. The van der Waals surface area contributed by atoms with Crippen molar-refractivity contribution in [3.8, 4) is 11.5 Å². The maximum Gasteiger partial charge on any atom is 0.265 e. The van der Waals surface area contributed by atoms with Gasteiger partial charge in [0.25, 0.3) is 5.91 Å². The molecule has 0 aliphatic carbocycles. The van der Waals surface area contributed by atoms with Crippen molar-refractivity contribution in [1.82, 2.24) is 0 Å². The molecule has 1 amide bonds. The molecule has 0 heterocycles. The van der Waals surface area contributed by atoms with Gasteiger partial charge in [-0.3, -0.25) is 4.79 Å². The summed E-state index contributed by atoms with van der Waals surface area (Å²) in [5.41, 5.74) is -0.0934. The molecule has 6 heteroatoms. The highest BCUT2D eigenvalue weighted by Crippen LogP contribution is 2.21. The van der Waals surface area contributed by atoms with Crippen LogP contribution in [0.1, 0.15) is 13.3 Å². The number of rotatable bonds is 6. The van der Waals surface area contributed by atoms with E-state index in [0.717, 1.165) is 6.07 Å². The van der Waals surface area contributed by atoms with Crippen LogP contribution < -0.4 is 14.8 Å². The second-order valence-electron chi connectivity index (χ2n) is 4.81. The molecule has 122 valence electrons. The summed E-state index contributed by atoms with van der Waals surface area (Å²) >= 11 is 0. The standard InChI is InChI=1S/C17H17F2NO3/c1-3-16(23-13-6-4-5-12(10-13)22-2)17(21)20-15-8-7-11(18)9-14(15)19/h4-10,16H,3H2,1-2H3,(H,20,21)/t16-/m0/s1. The summed E-state index contributed by atoms with van der Waals surface area (Å²) in [6.07, 6.45) is -0.433. The van der Waals surface area contributed by atoms with Crippen molar-refractivity contribution in [2.24, 2.45) is 0 Å². The first-order valence-electron chi connectivity index (χ1n) is 7.10. The van der Waals surface area contributed by atoms with Crippen LogP contribution in [0.4, 0.5) is 14.5 Å². The number of carbonyl (C=O) groups excluding carboxylic acids is 1. The number of ether oxygens (including phenoxy) is 2. The number of anilines is 1. The predicted octanol–water partition coefficient (Wildman–Crippen LogP) is 3.77. The van der Waals surface area contributed by atoms with E-state index in [1.165, 1.54) is 13.2 Å². The lowest BCUT2D eigenvalue weighted by Gasteiger charge is -2.18. The first-order valence-corrected chi connectivity index (χ1v) is 7.10. The van der Waals surface area contributed by atoms with Gasteiger partial charge in [-0.15, -0.1) is 0 Å². The fourth-order valence-corrected chi connectivity index (χ4v) is 1.97. The van der Waals surface area contributed by atoms with Crippen LogP contribution in [0, 0.1) is 11.6 Å². The summed E-state index contributed by atoms with van der Waals surface area (Å²) in [6.45, 7) is 1.77. The van der Waals surface area contributed by atoms with Crippen LogP contribution in [-0.4, -0.2) is 19.1 Å². The number of nitrogens with one attached hydrogen (secondary N) is 1. The van der Waals surface area contributed by atoms with Gasteiger partial charge in [-0.2, -0.15) is 0 Å². The van der Waals surface area contributed by atoms with Crippen LogP contribution >= 0.6 is 0 Å². The molecule has 0 saturated heterocycles. The average molecular weight is 321 g/mol. The highest BCUT2D eigenvalue weighted by Gasteiger charge is 2.20. The lowest BCUT2D eigenvalue weighted by molar-refractivity contribution is -0.122. The van der Waals surface area contributed by atoms with Crippen LogP contribution in [0.2, 0.25) is 0 Å². The van der Waals surface area contributed by atoms with E-state index in [2.05, 4.69) is 5.32 Å². The first-order chi connectivity index (χ1) is 11.0. The third-order valence-electron chi connectivity index (χ3n) is 3.17. The molecule has 0 unspecified atom stereocenters. The molecule has 2 aromatic carbocycles. The maximum atomic E-state index is 13.6. The number of methoxy groups -OCH3 is 1. The summed E-state index contributed by atoms with van der Waals surface area (Å²) in [5.74, 6) is -0.996. The van der Waals surface area contributed by atoms with Crippen molar-refractivity contribution in [2.75, 3.05) is 12.4 Å². The summed E-state index contributed by atoms with van der Waals surface area (Å²) in [7, 11) is 1.53. The van der Waals surface area contributed by atoms with Gasteiger partial charge in [0, 0.05) is 12.1 Å². The molecule has 0 aliphatic heterocycles. The Morgan fingerprint density at radius 1 is 1.17 bits per heavy atom. The number of halogens is 2. The van der Waals surface area contributed by atoms with E-state index in [4.69, 9.17) is 9.47 Å². The molecule has 4 nitrogen and oxygen atoms in total. The van der Waals surface area contributed by atoms with E-state index in [1.54, 1.807) is 31.2 Å². The Bertz CT molecular complexity index is 691. The van der Waals surface area contributed by atoms with Gasteiger partial charge >= 0.3 is 0 Å². The molecule has 0 bridgehead atoms. The van der Waals surface area contributed by atoms with Gasteiger partial charge in [-0.25, -0.2) is 8.78 Å². The summed E-state index contributed by atoms with van der Waals surface area (Å²) in [4.78, 5) is 12.2.